The molecule has 0 aliphatic rings. The van der Waals surface area contributed by atoms with Crippen LogP contribution in [0.5, 0.6) is 0 Å². The molecular weight excluding hydrogens is 150 g/mol. The van der Waals surface area contributed by atoms with Crippen molar-refractivity contribution in [2.45, 2.75) is 13.0 Å². The van der Waals surface area contributed by atoms with Crippen molar-refractivity contribution in [3.8, 4) is 0 Å². The average molecular weight is 165 g/mol. The third kappa shape index (κ3) is 2.32. The second-order valence-corrected chi connectivity index (χ2v) is 2.99. The maximum Gasteiger partial charge on any atom is 0.0914 e. The van der Waals surface area contributed by atoms with Gasteiger partial charge in [-0.05, 0) is 19.5 Å². The normalized spacial score (nSPS) is 12.9. The van der Waals surface area contributed by atoms with Crippen LogP contribution in [0, 0.1) is 6.92 Å². The molecule has 1 aromatic rings. The van der Waals surface area contributed by atoms with Crippen LogP contribution in [0.2, 0.25) is 0 Å². The topological polar surface area (TPSA) is 32.3 Å². The fraction of sp³-hybridized carbons (Fsp3) is 0.400. The minimum absolute atomic E-state index is 0.394. The van der Waals surface area contributed by atoms with Crippen molar-refractivity contribution in [2.24, 2.45) is 0 Å². The van der Waals surface area contributed by atoms with Crippen molar-refractivity contribution < 1.29 is 5.11 Å². The molecule has 1 aromatic carbocycles. The van der Waals surface area contributed by atoms with Crippen molar-refractivity contribution in [2.75, 3.05) is 13.6 Å². The summed E-state index contributed by atoms with van der Waals surface area (Å²) >= 11 is 0. The minimum atomic E-state index is -0.394. The molecular formula is C10H15NO. The molecule has 0 saturated heterocycles. The van der Waals surface area contributed by atoms with Gasteiger partial charge in [-0.3, -0.25) is 0 Å². The zero-order chi connectivity index (χ0) is 8.97. The Labute approximate surface area is 73.2 Å². The van der Waals surface area contributed by atoms with Crippen LogP contribution >= 0.6 is 0 Å². The maximum absolute atomic E-state index is 9.58. The molecule has 0 aliphatic carbocycles. The first-order valence-corrected chi connectivity index (χ1v) is 4.13. The average Bonchev–Trinajstić information content (AvgIpc) is 2.05. The summed E-state index contributed by atoms with van der Waals surface area (Å²) < 4.78 is 0. The molecule has 1 unspecified atom stereocenters. The highest BCUT2D eigenvalue weighted by Gasteiger charge is 2.04. The second kappa shape index (κ2) is 4.24. The Bertz CT molecular complexity index is 247. The number of aliphatic hydroxyl groups is 1. The van der Waals surface area contributed by atoms with E-state index in [1.165, 1.54) is 5.56 Å². The summed E-state index contributed by atoms with van der Waals surface area (Å²) in [4.78, 5) is 0. The van der Waals surface area contributed by atoms with Crippen LogP contribution in [0.1, 0.15) is 17.2 Å². The Balaban J connectivity index is 2.73. The van der Waals surface area contributed by atoms with Gasteiger partial charge in [-0.1, -0.05) is 29.8 Å². The van der Waals surface area contributed by atoms with Gasteiger partial charge in [-0.2, -0.15) is 0 Å². The van der Waals surface area contributed by atoms with E-state index < -0.39 is 6.10 Å². The van der Waals surface area contributed by atoms with Gasteiger partial charge in [-0.25, -0.2) is 0 Å². The number of rotatable bonds is 3. The van der Waals surface area contributed by atoms with E-state index in [4.69, 9.17) is 0 Å². The van der Waals surface area contributed by atoms with Gasteiger partial charge in [0, 0.05) is 6.54 Å². The molecule has 0 saturated carbocycles. The predicted octanol–water partition coefficient (Wildman–Crippen LogP) is 1.25. The molecule has 0 fully saturated rings. The molecule has 2 N–H and O–H groups in total. The summed E-state index contributed by atoms with van der Waals surface area (Å²) in [6.45, 7) is 2.62. The van der Waals surface area contributed by atoms with Crippen LogP contribution in [-0.2, 0) is 0 Å². The van der Waals surface area contributed by atoms with Gasteiger partial charge in [0.1, 0.15) is 0 Å². The molecule has 0 spiro atoms. The molecule has 1 atom stereocenters. The molecule has 2 nitrogen and oxygen atoms in total. The summed E-state index contributed by atoms with van der Waals surface area (Å²) in [6, 6.07) is 7.93. The Kier molecular flexibility index (Phi) is 3.26. The maximum atomic E-state index is 9.58. The minimum Gasteiger partial charge on any atom is -0.387 e. The largest absolute Gasteiger partial charge is 0.387 e. The van der Waals surface area contributed by atoms with Crippen molar-refractivity contribution in [3.63, 3.8) is 0 Å². The van der Waals surface area contributed by atoms with E-state index >= 15 is 0 Å². The Morgan fingerprint density at radius 3 is 2.83 bits per heavy atom. The highest BCUT2D eigenvalue weighted by Crippen LogP contribution is 2.12. The third-order valence-corrected chi connectivity index (χ3v) is 1.82. The number of hydrogen-bond acceptors (Lipinski definition) is 2. The molecule has 0 amide bonds. The van der Waals surface area contributed by atoms with Gasteiger partial charge in [0.2, 0.25) is 0 Å². The van der Waals surface area contributed by atoms with Gasteiger partial charge in [0.25, 0.3) is 0 Å². The molecule has 0 heterocycles. The van der Waals surface area contributed by atoms with E-state index in [2.05, 4.69) is 5.32 Å². The first-order chi connectivity index (χ1) is 5.74. The molecule has 0 aliphatic heterocycles. The summed E-state index contributed by atoms with van der Waals surface area (Å²) in [5, 5.41) is 12.5. The van der Waals surface area contributed by atoms with Crippen molar-refractivity contribution >= 4 is 0 Å². The summed E-state index contributed by atoms with van der Waals surface area (Å²) in [5.74, 6) is 0. The SMILES string of the molecule is CNCC(O)c1cccc(C)c1. The van der Waals surface area contributed by atoms with E-state index in [-0.39, 0.29) is 0 Å². The number of benzene rings is 1. The predicted molar refractivity (Wildman–Crippen MR) is 50.1 cm³/mol. The quantitative estimate of drug-likeness (QED) is 0.706. The second-order valence-electron chi connectivity index (χ2n) is 2.99. The Morgan fingerprint density at radius 1 is 1.50 bits per heavy atom. The van der Waals surface area contributed by atoms with Gasteiger partial charge >= 0.3 is 0 Å². The van der Waals surface area contributed by atoms with Crippen LogP contribution < -0.4 is 5.32 Å². The molecule has 0 radical (unpaired) electrons. The monoisotopic (exact) mass is 165 g/mol. The molecule has 0 aromatic heterocycles. The van der Waals surface area contributed by atoms with Gasteiger partial charge in [0.05, 0.1) is 6.10 Å². The van der Waals surface area contributed by atoms with Gasteiger partial charge < -0.3 is 10.4 Å². The number of hydrogen-bond donors (Lipinski definition) is 2. The van der Waals surface area contributed by atoms with Crippen LogP contribution in [0.4, 0.5) is 0 Å². The zero-order valence-electron chi connectivity index (χ0n) is 7.54. The van der Waals surface area contributed by atoms with Gasteiger partial charge in [0.15, 0.2) is 0 Å². The van der Waals surface area contributed by atoms with E-state index in [0.717, 1.165) is 5.56 Å². The summed E-state index contributed by atoms with van der Waals surface area (Å²) in [7, 11) is 1.83. The Morgan fingerprint density at radius 2 is 2.25 bits per heavy atom. The van der Waals surface area contributed by atoms with Crippen LogP contribution in [0.25, 0.3) is 0 Å². The number of aliphatic hydroxyl groups excluding tert-OH is 1. The van der Waals surface area contributed by atoms with E-state index in [1.54, 1.807) is 0 Å². The molecule has 0 bridgehead atoms. The lowest BCUT2D eigenvalue weighted by molar-refractivity contribution is 0.177. The molecule has 2 heteroatoms. The lowest BCUT2D eigenvalue weighted by Gasteiger charge is -2.10. The summed E-state index contributed by atoms with van der Waals surface area (Å²) in [5.41, 5.74) is 2.16. The fourth-order valence-electron chi connectivity index (χ4n) is 1.19. The Hall–Kier alpha value is -0.860. The highest BCUT2D eigenvalue weighted by atomic mass is 16.3. The first-order valence-electron chi connectivity index (χ1n) is 4.13. The zero-order valence-corrected chi connectivity index (χ0v) is 7.54. The number of nitrogens with one attached hydrogen (secondary N) is 1. The number of aryl methyl sites for hydroxylation is 1. The van der Waals surface area contributed by atoms with Crippen LogP contribution in [0.3, 0.4) is 0 Å². The molecule has 66 valence electrons. The van der Waals surface area contributed by atoms with E-state index in [1.807, 2.05) is 38.2 Å². The molecule has 1 rings (SSSR count). The van der Waals surface area contributed by atoms with Crippen LogP contribution in [0.15, 0.2) is 24.3 Å². The lowest BCUT2D eigenvalue weighted by Crippen LogP contribution is -2.16. The number of likely N-dealkylation sites (N-methyl/N-ethyl adjacent to an activating group) is 1. The highest BCUT2D eigenvalue weighted by molar-refractivity contribution is 5.24. The lowest BCUT2D eigenvalue weighted by atomic mass is 10.1. The van der Waals surface area contributed by atoms with Crippen molar-refractivity contribution in [1.29, 1.82) is 0 Å². The van der Waals surface area contributed by atoms with Crippen LogP contribution in [-0.4, -0.2) is 18.7 Å². The smallest absolute Gasteiger partial charge is 0.0914 e. The van der Waals surface area contributed by atoms with E-state index in [9.17, 15) is 5.11 Å². The fourth-order valence-corrected chi connectivity index (χ4v) is 1.19. The standard InChI is InChI=1S/C10H15NO/c1-8-4-3-5-9(6-8)10(12)7-11-2/h3-6,10-12H,7H2,1-2H3. The van der Waals surface area contributed by atoms with Gasteiger partial charge in [-0.15, -0.1) is 0 Å². The van der Waals surface area contributed by atoms with Crippen molar-refractivity contribution in [1.82, 2.24) is 5.32 Å². The summed E-state index contributed by atoms with van der Waals surface area (Å²) in [6.07, 6.45) is -0.394. The first kappa shape index (κ1) is 9.23. The van der Waals surface area contributed by atoms with Crippen molar-refractivity contribution in [3.05, 3.63) is 35.4 Å². The van der Waals surface area contributed by atoms with E-state index in [0.29, 0.717) is 6.54 Å². The third-order valence-electron chi connectivity index (χ3n) is 1.82. The molecule has 12 heavy (non-hydrogen) atoms.